The number of aryl methyl sites for hydroxylation is 1. The van der Waals surface area contributed by atoms with Crippen molar-refractivity contribution < 1.29 is 17.5 Å². The second kappa shape index (κ2) is 6.53. The predicted octanol–water partition coefficient (Wildman–Crippen LogP) is 1.99. The fourth-order valence-corrected chi connectivity index (χ4v) is 0.933. The van der Waals surface area contributed by atoms with Crippen LogP contribution in [0.2, 0.25) is 0 Å². The topological polar surface area (TPSA) is 74.6 Å². The molecule has 0 bridgehead atoms. The monoisotopic (exact) mass is 218 g/mol. The molecule has 0 aliphatic rings. The first-order chi connectivity index (χ1) is 6.43. The molecular weight excluding hydrogens is 204 g/mol. The summed E-state index contributed by atoms with van der Waals surface area (Å²) in [4.78, 5) is 0. The van der Waals surface area contributed by atoms with E-state index in [1.807, 2.05) is 0 Å². The van der Waals surface area contributed by atoms with Gasteiger partial charge in [0.25, 0.3) is 0 Å². The Kier molecular flexibility index (Phi) is 6.11. The van der Waals surface area contributed by atoms with Crippen LogP contribution in [0.1, 0.15) is 18.9 Å². The van der Waals surface area contributed by atoms with Crippen molar-refractivity contribution >= 4 is 10.4 Å². The van der Waals surface area contributed by atoms with Crippen LogP contribution in [0, 0.1) is 0 Å². The normalized spacial score (nSPS) is 10.2. The van der Waals surface area contributed by atoms with Gasteiger partial charge in [-0.25, -0.2) is 0 Å². The molecule has 0 unspecified atom stereocenters. The Morgan fingerprint density at radius 1 is 1.14 bits per heavy atom. The number of hydrogen-bond donors (Lipinski definition) is 2. The molecule has 1 aromatic carbocycles. The molecule has 0 spiro atoms. The van der Waals surface area contributed by atoms with Crippen molar-refractivity contribution in [2.75, 3.05) is 0 Å². The fraction of sp³-hybridized carbons (Fsp3) is 0.333. The first kappa shape index (κ1) is 13.1. The lowest BCUT2D eigenvalue weighted by Crippen LogP contribution is -1.89. The lowest BCUT2D eigenvalue weighted by Gasteiger charge is -1.93. The Balaban J connectivity index is 0.000000292. The Morgan fingerprint density at radius 3 is 1.93 bits per heavy atom. The molecule has 0 atom stereocenters. The number of benzene rings is 1. The molecule has 14 heavy (non-hydrogen) atoms. The minimum absolute atomic E-state index is 1.21. The van der Waals surface area contributed by atoms with Crippen molar-refractivity contribution in [3.63, 3.8) is 0 Å². The van der Waals surface area contributed by atoms with Crippen LogP contribution in [0.15, 0.2) is 30.3 Å². The average Bonchev–Trinajstić information content (AvgIpc) is 2.03. The van der Waals surface area contributed by atoms with Crippen molar-refractivity contribution in [3.05, 3.63) is 35.9 Å². The van der Waals surface area contributed by atoms with E-state index < -0.39 is 10.4 Å². The van der Waals surface area contributed by atoms with Gasteiger partial charge in [-0.1, -0.05) is 43.7 Å². The van der Waals surface area contributed by atoms with E-state index in [2.05, 4.69) is 37.3 Å². The second-order valence-corrected chi connectivity index (χ2v) is 3.58. The van der Waals surface area contributed by atoms with E-state index in [0.717, 1.165) is 0 Å². The van der Waals surface area contributed by atoms with E-state index in [0.29, 0.717) is 0 Å². The van der Waals surface area contributed by atoms with Crippen LogP contribution in [0.4, 0.5) is 0 Å². The van der Waals surface area contributed by atoms with Gasteiger partial charge in [0, 0.05) is 0 Å². The van der Waals surface area contributed by atoms with Crippen molar-refractivity contribution in [1.82, 2.24) is 0 Å². The Bertz CT molecular complexity index is 323. The minimum atomic E-state index is -4.67. The summed E-state index contributed by atoms with van der Waals surface area (Å²) < 4.78 is 31.6. The van der Waals surface area contributed by atoms with Gasteiger partial charge in [0.15, 0.2) is 0 Å². The van der Waals surface area contributed by atoms with Crippen molar-refractivity contribution in [2.24, 2.45) is 0 Å². The molecule has 80 valence electrons. The molecule has 0 aromatic heterocycles. The highest BCUT2D eigenvalue weighted by Gasteiger charge is 1.85. The molecular formula is C9H14O4S. The molecule has 0 saturated heterocycles. The third-order valence-electron chi connectivity index (χ3n) is 1.38. The zero-order valence-electron chi connectivity index (χ0n) is 7.92. The van der Waals surface area contributed by atoms with Crippen LogP contribution in [0.25, 0.3) is 0 Å². The molecule has 0 aliphatic carbocycles. The summed E-state index contributed by atoms with van der Waals surface area (Å²) in [5, 5.41) is 0. The second-order valence-electron chi connectivity index (χ2n) is 2.68. The van der Waals surface area contributed by atoms with Crippen LogP contribution in [0.5, 0.6) is 0 Å². The Morgan fingerprint density at radius 2 is 1.57 bits per heavy atom. The molecule has 5 heteroatoms. The van der Waals surface area contributed by atoms with E-state index in [9.17, 15) is 0 Å². The number of hydrogen-bond acceptors (Lipinski definition) is 2. The molecule has 1 aromatic rings. The molecule has 0 radical (unpaired) electrons. The predicted molar refractivity (Wildman–Crippen MR) is 54.6 cm³/mol. The van der Waals surface area contributed by atoms with E-state index >= 15 is 0 Å². The highest BCUT2D eigenvalue weighted by molar-refractivity contribution is 7.79. The van der Waals surface area contributed by atoms with Crippen LogP contribution < -0.4 is 0 Å². The standard InChI is InChI=1S/C9H12.H2O4S/c1-2-6-9-7-4-3-5-8-9;1-5(2,3)4/h3-5,7-8H,2,6H2,1H3;(H2,1,2,3,4). The third kappa shape index (κ3) is 11.1. The summed E-state index contributed by atoms with van der Waals surface area (Å²) in [6.07, 6.45) is 2.45. The first-order valence-corrected chi connectivity index (χ1v) is 5.57. The van der Waals surface area contributed by atoms with Crippen LogP contribution in [-0.4, -0.2) is 17.5 Å². The maximum absolute atomic E-state index is 8.74. The fourth-order valence-electron chi connectivity index (χ4n) is 0.933. The summed E-state index contributed by atoms with van der Waals surface area (Å²) in [7, 11) is -4.67. The van der Waals surface area contributed by atoms with Gasteiger partial charge in [-0.2, -0.15) is 8.42 Å². The molecule has 0 aliphatic heterocycles. The van der Waals surface area contributed by atoms with Crippen LogP contribution >= 0.6 is 0 Å². The molecule has 2 N–H and O–H groups in total. The molecule has 0 amide bonds. The lowest BCUT2D eigenvalue weighted by molar-refractivity contribution is 0.381. The summed E-state index contributed by atoms with van der Waals surface area (Å²) >= 11 is 0. The first-order valence-electron chi connectivity index (χ1n) is 4.17. The van der Waals surface area contributed by atoms with Gasteiger partial charge in [-0.15, -0.1) is 0 Å². The smallest absolute Gasteiger partial charge is 0.264 e. The van der Waals surface area contributed by atoms with E-state index in [-0.39, 0.29) is 0 Å². The van der Waals surface area contributed by atoms with E-state index in [1.165, 1.54) is 18.4 Å². The molecule has 0 saturated carbocycles. The SMILES string of the molecule is CCCc1ccccc1.O=S(=O)(O)O. The highest BCUT2D eigenvalue weighted by Crippen LogP contribution is 2.00. The maximum Gasteiger partial charge on any atom is 0.394 e. The Labute approximate surface area is 84.2 Å². The zero-order valence-corrected chi connectivity index (χ0v) is 8.74. The van der Waals surface area contributed by atoms with Gasteiger partial charge in [0.1, 0.15) is 0 Å². The van der Waals surface area contributed by atoms with E-state index in [4.69, 9.17) is 17.5 Å². The quantitative estimate of drug-likeness (QED) is 0.744. The lowest BCUT2D eigenvalue weighted by atomic mass is 10.1. The Hall–Kier alpha value is -0.910. The molecule has 0 fully saturated rings. The average molecular weight is 218 g/mol. The van der Waals surface area contributed by atoms with Gasteiger partial charge in [-0.3, -0.25) is 9.11 Å². The van der Waals surface area contributed by atoms with Crippen molar-refractivity contribution in [2.45, 2.75) is 19.8 Å². The van der Waals surface area contributed by atoms with E-state index in [1.54, 1.807) is 0 Å². The van der Waals surface area contributed by atoms with Crippen LogP contribution in [0.3, 0.4) is 0 Å². The van der Waals surface area contributed by atoms with Crippen LogP contribution in [-0.2, 0) is 16.8 Å². The number of rotatable bonds is 2. The van der Waals surface area contributed by atoms with Gasteiger partial charge >= 0.3 is 10.4 Å². The summed E-state index contributed by atoms with van der Waals surface area (Å²) in [6, 6.07) is 10.6. The molecule has 1 rings (SSSR count). The summed E-state index contributed by atoms with van der Waals surface area (Å²) in [5.41, 5.74) is 1.44. The van der Waals surface area contributed by atoms with Gasteiger partial charge < -0.3 is 0 Å². The summed E-state index contributed by atoms with van der Waals surface area (Å²) in [5.74, 6) is 0. The maximum atomic E-state index is 8.74. The largest absolute Gasteiger partial charge is 0.394 e. The minimum Gasteiger partial charge on any atom is -0.264 e. The third-order valence-corrected chi connectivity index (χ3v) is 1.38. The van der Waals surface area contributed by atoms with Gasteiger partial charge in [-0.05, 0) is 12.0 Å². The van der Waals surface area contributed by atoms with Gasteiger partial charge in [0.2, 0.25) is 0 Å². The highest BCUT2D eigenvalue weighted by atomic mass is 32.3. The van der Waals surface area contributed by atoms with Crippen molar-refractivity contribution in [1.29, 1.82) is 0 Å². The molecule has 4 nitrogen and oxygen atoms in total. The zero-order chi connectivity index (χ0) is 11.0. The molecule has 0 heterocycles. The van der Waals surface area contributed by atoms with Gasteiger partial charge in [0.05, 0.1) is 0 Å². The van der Waals surface area contributed by atoms with Crippen molar-refractivity contribution in [3.8, 4) is 0 Å². The summed E-state index contributed by atoms with van der Waals surface area (Å²) in [6.45, 7) is 2.20.